The smallest absolute Gasteiger partial charge is 0.230 e. The topological polar surface area (TPSA) is 24.8 Å². The van der Waals surface area contributed by atoms with Gasteiger partial charge in [0.2, 0.25) is 23.0 Å². The molecule has 0 saturated carbocycles. The van der Waals surface area contributed by atoms with Gasteiger partial charge in [-0.05, 0) is 20.5 Å². The minimum absolute atomic E-state index is 0.980. The molecule has 0 radical (unpaired) electrons. The second-order valence-electron chi connectivity index (χ2n) is 2.54. The van der Waals surface area contributed by atoms with Gasteiger partial charge in [-0.25, -0.2) is 0 Å². The first-order valence-corrected chi connectivity index (χ1v) is 4.58. The molecule has 0 fully saturated rings. The molecule has 0 atom stereocenters. The molecule has 0 N–H and O–H groups in total. The molecule has 0 aromatic carbocycles. The summed E-state index contributed by atoms with van der Waals surface area (Å²) in [7, 11) is 2.10. The number of nitrogens with zero attached hydrogens (tertiary/aromatic N) is 2. The monoisotopic (exact) mass is 270 g/mol. The van der Waals surface area contributed by atoms with Gasteiger partial charge < -0.3 is 8.07 Å². The summed E-state index contributed by atoms with van der Waals surface area (Å²) < 4.78 is 4.61. The Kier molecular flexibility index (Phi) is 6.94. The SMILES string of the molecule is CCN(C)CC/C(C)=N\OI. The normalized spacial score (nSPS) is 12.3. The standard InChI is InChI=1S/C7H15IN2O/c1-4-10(3)6-5-7(2)9-11-8/h4-6H2,1-3H3/b9-7-. The zero-order valence-corrected chi connectivity index (χ0v) is 9.46. The van der Waals surface area contributed by atoms with Crippen molar-refractivity contribution in [1.82, 2.24) is 4.90 Å². The third-order valence-corrected chi connectivity index (χ3v) is 1.78. The van der Waals surface area contributed by atoms with Gasteiger partial charge in [-0.15, -0.1) is 0 Å². The number of hydrogen-bond acceptors (Lipinski definition) is 3. The van der Waals surface area contributed by atoms with Crippen LogP contribution in [-0.4, -0.2) is 30.7 Å². The van der Waals surface area contributed by atoms with E-state index in [1.54, 1.807) is 23.0 Å². The zero-order valence-electron chi connectivity index (χ0n) is 7.30. The van der Waals surface area contributed by atoms with E-state index in [9.17, 15) is 0 Å². The lowest BCUT2D eigenvalue weighted by molar-refractivity contribution is 0.361. The van der Waals surface area contributed by atoms with Gasteiger partial charge in [0.1, 0.15) is 0 Å². The molecule has 0 saturated heterocycles. The summed E-state index contributed by atoms with van der Waals surface area (Å²) in [6.45, 7) is 6.24. The Balaban J connectivity index is 3.45. The number of hydrogen-bond donors (Lipinski definition) is 0. The van der Waals surface area contributed by atoms with Crippen LogP contribution in [0, 0.1) is 0 Å². The molecule has 0 aliphatic carbocycles. The summed E-state index contributed by atoms with van der Waals surface area (Å²) in [5.41, 5.74) is 1.04. The quantitative estimate of drug-likeness (QED) is 0.434. The van der Waals surface area contributed by atoms with Crippen molar-refractivity contribution < 1.29 is 3.17 Å². The Morgan fingerprint density at radius 2 is 2.27 bits per heavy atom. The molecule has 0 unspecified atom stereocenters. The van der Waals surface area contributed by atoms with E-state index < -0.39 is 0 Å². The van der Waals surface area contributed by atoms with Crippen LogP contribution in [0.4, 0.5) is 0 Å². The molecule has 0 aromatic heterocycles. The molecule has 0 aromatic rings. The molecule has 4 heteroatoms. The third kappa shape index (κ3) is 6.55. The molecule has 3 nitrogen and oxygen atoms in total. The van der Waals surface area contributed by atoms with Gasteiger partial charge in [-0.3, -0.25) is 0 Å². The Morgan fingerprint density at radius 3 is 2.73 bits per heavy atom. The van der Waals surface area contributed by atoms with Gasteiger partial charge in [0.15, 0.2) is 0 Å². The largest absolute Gasteiger partial charge is 0.327 e. The van der Waals surface area contributed by atoms with Crippen molar-refractivity contribution in [2.24, 2.45) is 5.16 Å². The number of rotatable bonds is 5. The predicted molar refractivity (Wildman–Crippen MR) is 56.0 cm³/mol. The number of oxime groups is 1. The van der Waals surface area contributed by atoms with Crippen molar-refractivity contribution in [2.75, 3.05) is 20.1 Å². The van der Waals surface area contributed by atoms with Gasteiger partial charge >= 0.3 is 0 Å². The highest BCUT2D eigenvalue weighted by atomic mass is 127. The van der Waals surface area contributed by atoms with E-state index in [0.29, 0.717) is 0 Å². The Morgan fingerprint density at radius 1 is 1.64 bits per heavy atom. The van der Waals surface area contributed by atoms with Crippen molar-refractivity contribution in [3.63, 3.8) is 0 Å². The first-order valence-electron chi connectivity index (χ1n) is 3.70. The van der Waals surface area contributed by atoms with E-state index in [0.717, 1.165) is 25.2 Å². The lowest BCUT2D eigenvalue weighted by Crippen LogP contribution is -2.20. The first-order chi connectivity index (χ1) is 5.20. The molecule has 11 heavy (non-hydrogen) atoms. The molecule has 66 valence electrons. The fourth-order valence-corrected chi connectivity index (χ4v) is 0.952. The Labute approximate surface area is 82.5 Å². The molecule has 0 heterocycles. The molecule has 0 spiro atoms. The van der Waals surface area contributed by atoms with Crippen LogP contribution in [0.1, 0.15) is 20.3 Å². The Bertz CT molecular complexity index is 128. The maximum absolute atomic E-state index is 4.61. The van der Waals surface area contributed by atoms with Gasteiger partial charge in [0.05, 0.1) is 5.71 Å². The zero-order chi connectivity index (χ0) is 8.69. The second kappa shape index (κ2) is 6.84. The van der Waals surface area contributed by atoms with E-state index in [4.69, 9.17) is 0 Å². The lowest BCUT2D eigenvalue weighted by Gasteiger charge is -2.12. The van der Waals surface area contributed by atoms with Crippen molar-refractivity contribution in [2.45, 2.75) is 20.3 Å². The van der Waals surface area contributed by atoms with E-state index >= 15 is 0 Å². The molecular weight excluding hydrogens is 255 g/mol. The number of halogens is 1. The van der Waals surface area contributed by atoms with Crippen LogP contribution in [0.5, 0.6) is 0 Å². The highest BCUT2D eigenvalue weighted by Crippen LogP contribution is 1.94. The van der Waals surface area contributed by atoms with Gasteiger partial charge in [0.25, 0.3) is 0 Å². The van der Waals surface area contributed by atoms with Crippen LogP contribution in [0.15, 0.2) is 5.16 Å². The molecule has 0 aliphatic heterocycles. The summed E-state index contributed by atoms with van der Waals surface area (Å²) in [6.07, 6.45) is 0.980. The minimum Gasteiger partial charge on any atom is -0.327 e. The molecular formula is C7H15IN2O. The van der Waals surface area contributed by atoms with Crippen LogP contribution >= 0.6 is 23.0 Å². The van der Waals surface area contributed by atoms with Crippen LogP contribution in [0.25, 0.3) is 0 Å². The highest BCUT2D eigenvalue weighted by molar-refractivity contribution is 14.1. The van der Waals surface area contributed by atoms with Crippen LogP contribution in [-0.2, 0) is 3.17 Å². The predicted octanol–water partition coefficient (Wildman–Crippen LogP) is 2.07. The van der Waals surface area contributed by atoms with Crippen LogP contribution < -0.4 is 0 Å². The van der Waals surface area contributed by atoms with E-state index in [2.05, 4.69) is 27.2 Å². The average molecular weight is 270 g/mol. The van der Waals surface area contributed by atoms with E-state index in [1.807, 2.05) is 6.92 Å². The first kappa shape index (κ1) is 11.2. The average Bonchev–Trinajstić information content (AvgIpc) is 2.01. The summed E-state index contributed by atoms with van der Waals surface area (Å²) in [4.78, 5) is 2.24. The molecule has 0 aliphatic rings. The third-order valence-electron chi connectivity index (χ3n) is 1.59. The Hall–Kier alpha value is 0.160. The lowest BCUT2D eigenvalue weighted by atomic mass is 10.3. The summed E-state index contributed by atoms with van der Waals surface area (Å²) in [6, 6.07) is 0. The van der Waals surface area contributed by atoms with Crippen LogP contribution in [0.2, 0.25) is 0 Å². The van der Waals surface area contributed by atoms with Gasteiger partial charge in [-0.2, -0.15) is 0 Å². The maximum atomic E-state index is 4.61. The van der Waals surface area contributed by atoms with Crippen molar-refractivity contribution in [1.29, 1.82) is 0 Å². The maximum Gasteiger partial charge on any atom is 0.230 e. The summed E-state index contributed by atoms with van der Waals surface area (Å²) >= 11 is 1.77. The summed E-state index contributed by atoms with van der Waals surface area (Å²) in [5.74, 6) is 0. The van der Waals surface area contributed by atoms with Crippen molar-refractivity contribution in [3.05, 3.63) is 0 Å². The van der Waals surface area contributed by atoms with Crippen molar-refractivity contribution >= 4 is 28.7 Å². The minimum atomic E-state index is 0.980. The van der Waals surface area contributed by atoms with Gasteiger partial charge in [-0.1, -0.05) is 12.1 Å². The molecule has 0 amide bonds. The molecule has 0 bridgehead atoms. The fourth-order valence-electron chi connectivity index (χ4n) is 0.615. The fraction of sp³-hybridized carbons (Fsp3) is 0.857. The van der Waals surface area contributed by atoms with Crippen LogP contribution in [0.3, 0.4) is 0 Å². The second-order valence-corrected chi connectivity index (χ2v) is 2.94. The van der Waals surface area contributed by atoms with Gasteiger partial charge in [0, 0.05) is 13.0 Å². The van der Waals surface area contributed by atoms with E-state index in [1.165, 1.54) is 0 Å². The van der Waals surface area contributed by atoms with E-state index in [-0.39, 0.29) is 0 Å². The molecule has 0 rings (SSSR count). The summed E-state index contributed by atoms with van der Waals surface area (Å²) in [5, 5.41) is 3.81. The highest BCUT2D eigenvalue weighted by Gasteiger charge is 1.96. The van der Waals surface area contributed by atoms with Crippen molar-refractivity contribution in [3.8, 4) is 0 Å².